The Kier molecular flexibility index (Phi) is 6.23. The maximum atomic E-state index is 5.03. The van der Waals surface area contributed by atoms with Crippen molar-refractivity contribution in [3.05, 3.63) is 50.9 Å². The fourth-order valence-corrected chi connectivity index (χ4v) is 5.52. The van der Waals surface area contributed by atoms with Crippen molar-refractivity contribution in [1.29, 1.82) is 0 Å². The maximum Gasteiger partial charge on any atom is 0.238 e. The average Bonchev–Trinajstić information content (AvgIpc) is 3.20. The predicted molar refractivity (Wildman–Crippen MR) is 127 cm³/mol. The lowest BCUT2D eigenvalue weighted by Gasteiger charge is -2.24. The molecule has 170 valence electrons. The zero-order valence-corrected chi connectivity index (χ0v) is 21.5. The first-order valence-corrected chi connectivity index (χ1v) is 11.5. The van der Waals surface area contributed by atoms with Crippen molar-refractivity contribution in [2.24, 2.45) is 0 Å². The van der Waals surface area contributed by atoms with Gasteiger partial charge < -0.3 is 0 Å². The Bertz CT molecular complexity index is 952. The molecule has 0 spiro atoms. The molecular weight excluding hydrogens is 384 g/mol. The number of aryl methyl sites for hydroxylation is 3. The molecule has 0 bridgehead atoms. The van der Waals surface area contributed by atoms with Crippen LogP contribution in [0.4, 0.5) is 0 Å². The molecule has 0 aliphatic carbocycles. The van der Waals surface area contributed by atoms with E-state index in [4.69, 9.17) is 15.3 Å². The van der Waals surface area contributed by atoms with Gasteiger partial charge in [-0.25, -0.2) is 14.0 Å². The lowest BCUT2D eigenvalue weighted by molar-refractivity contribution is 0.268. The number of aromatic nitrogens is 6. The second-order valence-electron chi connectivity index (χ2n) is 9.90. The van der Waals surface area contributed by atoms with Crippen molar-refractivity contribution in [2.45, 2.75) is 107 Å². The molecular formula is C25H40N6. The highest BCUT2D eigenvalue weighted by molar-refractivity contribution is 5.32. The fraction of sp³-hybridized carbons (Fsp3) is 0.640. The van der Waals surface area contributed by atoms with Gasteiger partial charge in [0.15, 0.2) is 0 Å². The molecule has 0 radical (unpaired) electrons. The highest BCUT2D eigenvalue weighted by atomic mass is 15.6. The largest absolute Gasteiger partial charge is 0.238 e. The summed E-state index contributed by atoms with van der Waals surface area (Å²) in [6, 6.07) is 0. The lowest BCUT2D eigenvalue weighted by Crippen LogP contribution is -2.31. The van der Waals surface area contributed by atoms with E-state index in [1.54, 1.807) is 0 Å². The van der Waals surface area contributed by atoms with Gasteiger partial charge in [-0.3, -0.25) is 0 Å². The number of hydrogen-bond donors (Lipinski definition) is 0. The Hall–Kier alpha value is -2.37. The molecule has 3 rings (SSSR count). The third kappa shape index (κ3) is 3.74. The molecule has 6 nitrogen and oxygen atoms in total. The molecule has 0 aliphatic heterocycles. The minimum Gasteiger partial charge on any atom is -0.224 e. The summed E-state index contributed by atoms with van der Waals surface area (Å²) in [5, 5.41) is 15.1. The van der Waals surface area contributed by atoms with E-state index < -0.39 is 0 Å². The van der Waals surface area contributed by atoms with Gasteiger partial charge in [0.25, 0.3) is 0 Å². The summed E-state index contributed by atoms with van der Waals surface area (Å²) in [6.45, 7) is 26.2. The Balaban J connectivity index is 2.37. The molecule has 3 aromatic heterocycles. The van der Waals surface area contributed by atoms with Crippen LogP contribution in [0.2, 0.25) is 0 Å². The molecule has 0 saturated carbocycles. The van der Waals surface area contributed by atoms with Crippen LogP contribution in [0.1, 0.15) is 116 Å². The zero-order valence-electron chi connectivity index (χ0n) is 21.5. The first kappa shape index (κ1) is 23.3. The summed E-state index contributed by atoms with van der Waals surface area (Å²) < 4.78 is 6.37. The fourth-order valence-electron chi connectivity index (χ4n) is 5.52. The molecule has 6 heteroatoms. The van der Waals surface area contributed by atoms with Crippen LogP contribution in [0.5, 0.6) is 0 Å². The van der Waals surface area contributed by atoms with E-state index in [2.05, 4.69) is 97.1 Å². The van der Waals surface area contributed by atoms with Gasteiger partial charge in [-0.15, -0.1) is 0 Å². The zero-order chi connectivity index (χ0) is 23.4. The van der Waals surface area contributed by atoms with Crippen LogP contribution in [0.15, 0.2) is 0 Å². The van der Waals surface area contributed by atoms with Gasteiger partial charge >= 0.3 is 0 Å². The number of nitrogens with zero attached hydrogens (tertiary/aromatic N) is 6. The first-order chi connectivity index (χ1) is 14.4. The molecule has 31 heavy (non-hydrogen) atoms. The maximum absolute atomic E-state index is 5.03. The summed E-state index contributed by atoms with van der Waals surface area (Å²) in [6.07, 6.45) is -0.274. The molecule has 3 heterocycles. The molecule has 0 aromatic carbocycles. The summed E-state index contributed by atoms with van der Waals surface area (Å²) >= 11 is 0. The van der Waals surface area contributed by atoms with Gasteiger partial charge in [-0.2, -0.15) is 15.3 Å². The summed E-state index contributed by atoms with van der Waals surface area (Å²) in [5.74, 6) is 1.23. The smallest absolute Gasteiger partial charge is 0.224 e. The van der Waals surface area contributed by atoms with Gasteiger partial charge in [0, 0.05) is 17.1 Å². The first-order valence-electron chi connectivity index (χ1n) is 11.5. The lowest BCUT2D eigenvalue weighted by atomic mass is 10.0. The van der Waals surface area contributed by atoms with E-state index in [0.717, 1.165) is 17.1 Å². The van der Waals surface area contributed by atoms with Crippen molar-refractivity contribution in [1.82, 2.24) is 29.3 Å². The standard InChI is InChI=1S/C25H40N6/c1-13(2)22-16(7)26-29(19(22)10)25(30-20(11)23(14(3)4)17(8)27-30)31-21(12)24(15(5)6)18(9)28-31/h13-15,25H,1-12H3. The van der Waals surface area contributed by atoms with Crippen LogP contribution in [-0.2, 0) is 0 Å². The Morgan fingerprint density at radius 3 is 0.839 bits per heavy atom. The molecule has 0 aliphatic rings. The van der Waals surface area contributed by atoms with Crippen molar-refractivity contribution in [2.75, 3.05) is 0 Å². The van der Waals surface area contributed by atoms with E-state index in [1.165, 1.54) is 33.8 Å². The summed E-state index contributed by atoms with van der Waals surface area (Å²) in [5.41, 5.74) is 10.7. The normalized spacial score (nSPS) is 12.4. The van der Waals surface area contributed by atoms with Gasteiger partial charge in [0.2, 0.25) is 6.29 Å². The highest BCUT2D eigenvalue weighted by Crippen LogP contribution is 2.32. The van der Waals surface area contributed by atoms with Crippen LogP contribution in [0.25, 0.3) is 0 Å². The van der Waals surface area contributed by atoms with Crippen molar-refractivity contribution >= 4 is 0 Å². The Morgan fingerprint density at radius 1 is 0.452 bits per heavy atom. The van der Waals surface area contributed by atoms with Gasteiger partial charge in [-0.05, 0) is 76.0 Å². The minimum atomic E-state index is -0.274. The quantitative estimate of drug-likeness (QED) is 0.484. The number of rotatable bonds is 6. The molecule has 0 fully saturated rings. The number of hydrogen-bond acceptors (Lipinski definition) is 3. The van der Waals surface area contributed by atoms with Gasteiger partial charge in [0.05, 0.1) is 17.1 Å². The van der Waals surface area contributed by atoms with Crippen LogP contribution in [0.3, 0.4) is 0 Å². The van der Waals surface area contributed by atoms with Crippen LogP contribution < -0.4 is 0 Å². The van der Waals surface area contributed by atoms with E-state index in [1.807, 2.05) is 0 Å². The second-order valence-corrected chi connectivity index (χ2v) is 9.90. The van der Waals surface area contributed by atoms with E-state index >= 15 is 0 Å². The van der Waals surface area contributed by atoms with E-state index in [-0.39, 0.29) is 6.29 Å². The third-order valence-corrected chi connectivity index (χ3v) is 6.53. The summed E-state index contributed by atoms with van der Waals surface area (Å²) in [7, 11) is 0. The molecule has 0 N–H and O–H groups in total. The van der Waals surface area contributed by atoms with Crippen LogP contribution >= 0.6 is 0 Å². The summed E-state index contributed by atoms with van der Waals surface area (Å²) in [4.78, 5) is 0. The Labute approximate surface area is 187 Å². The minimum absolute atomic E-state index is 0.274. The van der Waals surface area contributed by atoms with Crippen LogP contribution in [0, 0.1) is 41.5 Å². The second kappa shape index (κ2) is 8.29. The SMILES string of the molecule is Cc1nn(C(n2nc(C)c(C(C)C)c2C)n2nc(C)c(C(C)C)c2C)c(C)c1C(C)C. The molecule has 0 unspecified atom stereocenters. The van der Waals surface area contributed by atoms with Gasteiger partial charge in [0.1, 0.15) is 0 Å². The van der Waals surface area contributed by atoms with Crippen molar-refractivity contribution in [3.8, 4) is 0 Å². The Morgan fingerprint density at radius 2 is 0.677 bits per heavy atom. The molecule has 0 saturated heterocycles. The highest BCUT2D eigenvalue weighted by Gasteiger charge is 2.30. The van der Waals surface area contributed by atoms with E-state index in [9.17, 15) is 0 Å². The molecule has 0 amide bonds. The third-order valence-electron chi connectivity index (χ3n) is 6.53. The average molecular weight is 425 g/mol. The van der Waals surface area contributed by atoms with Crippen molar-refractivity contribution < 1.29 is 0 Å². The molecule has 0 atom stereocenters. The van der Waals surface area contributed by atoms with E-state index in [0.29, 0.717) is 17.8 Å². The van der Waals surface area contributed by atoms with Crippen LogP contribution in [-0.4, -0.2) is 29.3 Å². The molecule has 3 aromatic rings. The van der Waals surface area contributed by atoms with Gasteiger partial charge in [-0.1, -0.05) is 41.5 Å². The topological polar surface area (TPSA) is 53.5 Å². The predicted octanol–water partition coefficient (Wildman–Crippen LogP) is 6.05. The van der Waals surface area contributed by atoms with Crippen molar-refractivity contribution in [3.63, 3.8) is 0 Å². The monoisotopic (exact) mass is 424 g/mol.